The highest BCUT2D eigenvalue weighted by Gasteiger charge is 2.19. The second-order valence-electron chi connectivity index (χ2n) is 3.97. The molecule has 7 heteroatoms. The van der Waals surface area contributed by atoms with Gasteiger partial charge in [-0.25, -0.2) is 4.98 Å². The van der Waals surface area contributed by atoms with Gasteiger partial charge >= 0.3 is 0 Å². The summed E-state index contributed by atoms with van der Waals surface area (Å²) in [5, 5.41) is 2.11. The third-order valence-corrected chi connectivity index (χ3v) is 2.48. The molecule has 1 rings (SSSR count). The fourth-order valence-corrected chi connectivity index (χ4v) is 1.47. The Morgan fingerprint density at radius 1 is 1.45 bits per heavy atom. The van der Waals surface area contributed by atoms with Crippen molar-refractivity contribution in [2.24, 2.45) is 5.73 Å². The Bertz CT molecular complexity index is 477. The standard InChI is InChI=1S/C13H19N3O4/c1-3-4-7-20-9-5-6-15-11(12(9)19-2)13(18)16-10(17)8-14/h5-6H,3-4,7-8,14H2,1-2H3,(H,16,17,18). The highest BCUT2D eigenvalue weighted by molar-refractivity contribution is 6.05. The van der Waals surface area contributed by atoms with Gasteiger partial charge in [0.15, 0.2) is 17.2 Å². The van der Waals surface area contributed by atoms with Gasteiger partial charge in [-0.2, -0.15) is 0 Å². The molecule has 110 valence electrons. The van der Waals surface area contributed by atoms with Gasteiger partial charge in [-0.15, -0.1) is 0 Å². The lowest BCUT2D eigenvalue weighted by atomic mass is 10.2. The predicted octanol–water partition coefficient (Wildman–Crippen LogP) is 0.484. The number of carbonyl (C=O) groups excluding carboxylic acids is 2. The van der Waals surface area contributed by atoms with E-state index in [-0.39, 0.29) is 18.0 Å². The number of nitrogens with two attached hydrogens (primary N) is 1. The summed E-state index contributed by atoms with van der Waals surface area (Å²) >= 11 is 0. The summed E-state index contributed by atoms with van der Waals surface area (Å²) in [4.78, 5) is 26.9. The first-order valence-electron chi connectivity index (χ1n) is 6.34. The maximum atomic E-state index is 11.9. The minimum atomic E-state index is -0.668. The number of amides is 2. The molecule has 1 heterocycles. The number of ether oxygens (including phenoxy) is 2. The van der Waals surface area contributed by atoms with E-state index in [2.05, 4.69) is 10.3 Å². The summed E-state index contributed by atoms with van der Waals surface area (Å²) in [7, 11) is 1.41. The largest absolute Gasteiger partial charge is 0.491 e. The van der Waals surface area contributed by atoms with Crippen molar-refractivity contribution in [2.45, 2.75) is 19.8 Å². The van der Waals surface area contributed by atoms with Crippen LogP contribution in [0.25, 0.3) is 0 Å². The predicted molar refractivity (Wildman–Crippen MR) is 72.7 cm³/mol. The quantitative estimate of drug-likeness (QED) is 0.705. The van der Waals surface area contributed by atoms with Crippen LogP contribution in [0, 0.1) is 0 Å². The fourth-order valence-electron chi connectivity index (χ4n) is 1.47. The molecule has 0 atom stereocenters. The zero-order chi connectivity index (χ0) is 15.0. The molecular formula is C13H19N3O4. The van der Waals surface area contributed by atoms with Crippen LogP contribution in [-0.4, -0.2) is 37.1 Å². The first-order valence-corrected chi connectivity index (χ1v) is 6.34. The van der Waals surface area contributed by atoms with Crippen LogP contribution in [0.3, 0.4) is 0 Å². The summed E-state index contributed by atoms with van der Waals surface area (Å²) in [6, 6.07) is 1.61. The van der Waals surface area contributed by atoms with Crippen molar-refractivity contribution in [1.29, 1.82) is 0 Å². The zero-order valence-electron chi connectivity index (χ0n) is 11.6. The molecule has 1 aromatic heterocycles. The van der Waals surface area contributed by atoms with E-state index >= 15 is 0 Å². The van der Waals surface area contributed by atoms with Gasteiger partial charge in [0.25, 0.3) is 5.91 Å². The van der Waals surface area contributed by atoms with Gasteiger partial charge < -0.3 is 15.2 Å². The third-order valence-electron chi connectivity index (χ3n) is 2.48. The summed E-state index contributed by atoms with van der Waals surface area (Å²) in [6.07, 6.45) is 3.30. The van der Waals surface area contributed by atoms with Crippen LogP contribution >= 0.6 is 0 Å². The van der Waals surface area contributed by atoms with Crippen molar-refractivity contribution < 1.29 is 19.1 Å². The maximum Gasteiger partial charge on any atom is 0.280 e. The van der Waals surface area contributed by atoms with Gasteiger partial charge in [0.2, 0.25) is 5.91 Å². The van der Waals surface area contributed by atoms with Gasteiger partial charge in [-0.1, -0.05) is 13.3 Å². The lowest BCUT2D eigenvalue weighted by Crippen LogP contribution is -2.36. The Morgan fingerprint density at radius 2 is 2.20 bits per heavy atom. The number of rotatable bonds is 7. The van der Waals surface area contributed by atoms with Gasteiger partial charge in [0.1, 0.15) is 0 Å². The SMILES string of the molecule is CCCCOc1ccnc(C(=O)NC(=O)CN)c1OC. The van der Waals surface area contributed by atoms with E-state index < -0.39 is 11.8 Å². The van der Waals surface area contributed by atoms with Crippen LogP contribution in [-0.2, 0) is 4.79 Å². The highest BCUT2D eigenvalue weighted by atomic mass is 16.5. The number of carbonyl (C=O) groups is 2. The zero-order valence-corrected chi connectivity index (χ0v) is 11.6. The molecule has 3 N–H and O–H groups in total. The summed E-state index contributed by atoms with van der Waals surface area (Å²) in [6.45, 7) is 2.28. The molecule has 0 fully saturated rings. The molecule has 0 saturated carbocycles. The van der Waals surface area contributed by atoms with E-state index in [1.165, 1.54) is 13.3 Å². The van der Waals surface area contributed by atoms with E-state index in [1.807, 2.05) is 6.92 Å². The Balaban J connectivity index is 2.92. The molecular weight excluding hydrogens is 262 g/mol. The number of nitrogens with zero attached hydrogens (tertiary/aromatic N) is 1. The maximum absolute atomic E-state index is 11.9. The molecule has 7 nitrogen and oxygen atoms in total. The summed E-state index contributed by atoms with van der Waals surface area (Å²) < 4.78 is 10.7. The van der Waals surface area contributed by atoms with Crippen LogP contribution in [0.1, 0.15) is 30.3 Å². The second kappa shape index (κ2) is 8.11. The molecule has 0 unspecified atom stereocenters. The van der Waals surface area contributed by atoms with Crippen molar-refractivity contribution in [3.63, 3.8) is 0 Å². The average molecular weight is 281 g/mol. The number of nitrogens with one attached hydrogen (secondary N) is 1. The van der Waals surface area contributed by atoms with Crippen molar-refractivity contribution in [3.8, 4) is 11.5 Å². The van der Waals surface area contributed by atoms with Crippen LogP contribution in [0.2, 0.25) is 0 Å². The molecule has 0 radical (unpaired) electrons. The Kier molecular flexibility index (Phi) is 6.45. The second-order valence-corrected chi connectivity index (χ2v) is 3.97. The van der Waals surface area contributed by atoms with Crippen molar-refractivity contribution in [3.05, 3.63) is 18.0 Å². The number of aromatic nitrogens is 1. The Hall–Kier alpha value is -2.15. The van der Waals surface area contributed by atoms with Gasteiger partial charge in [0.05, 0.1) is 20.3 Å². The van der Waals surface area contributed by atoms with E-state index in [4.69, 9.17) is 15.2 Å². The molecule has 1 aromatic rings. The van der Waals surface area contributed by atoms with Crippen molar-refractivity contribution in [2.75, 3.05) is 20.3 Å². The van der Waals surface area contributed by atoms with E-state index in [1.54, 1.807) is 6.07 Å². The molecule has 20 heavy (non-hydrogen) atoms. The summed E-state index contributed by atoms with van der Waals surface area (Å²) in [5.74, 6) is -0.637. The van der Waals surface area contributed by atoms with Crippen LogP contribution in [0.5, 0.6) is 11.5 Å². The normalized spacial score (nSPS) is 9.95. The van der Waals surface area contributed by atoms with Crippen LogP contribution in [0.4, 0.5) is 0 Å². The summed E-state index contributed by atoms with van der Waals surface area (Å²) in [5.41, 5.74) is 5.13. The molecule has 0 bridgehead atoms. The smallest absolute Gasteiger partial charge is 0.280 e. The molecule has 0 spiro atoms. The molecule has 0 aliphatic rings. The number of pyridine rings is 1. The Morgan fingerprint density at radius 3 is 2.80 bits per heavy atom. The number of hydrogen-bond donors (Lipinski definition) is 2. The minimum absolute atomic E-state index is 0.0108. The average Bonchev–Trinajstić information content (AvgIpc) is 2.46. The van der Waals surface area contributed by atoms with Crippen molar-refractivity contribution >= 4 is 11.8 Å². The van der Waals surface area contributed by atoms with E-state index in [0.717, 1.165) is 12.8 Å². The van der Waals surface area contributed by atoms with Gasteiger partial charge in [0, 0.05) is 12.3 Å². The molecule has 0 saturated heterocycles. The monoisotopic (exact) mass is 281 g/mol. The lowest BCUT2D eigenvalue weighted by Gasteiger charge is -2.12. The topological polar surface area (TPSA) is 104 Å². The number of unbranched alkanes of at least 4 members (excludes halogenated alkanes) is 1. The number of imide groups is 1. The lowest BCUT2D eigenvalue weighted by molar-refractivity contribution is -0.118. The highest BCUT2D eigenvalue weighted by Crippen LogP contribution is 2.29. The van der Waals surface area contributed by atoms with E-state index in [9.17, 15) is 9.59 Å². The van der Waals surface area contributed by atoms with E-state index in [0.29, 0.717) is 12.4 Å². The number of hydrogen-bond acceptors (Lipinski definition) is 6. The Labute approximate surface area is 117 Å². The molecule has 0 aromatic carbocycles. The molecule has 0 aliphatic heterocycles. The first-order chi connectivity index (χ1) is 9.63. The molecule has 2 amide bonds. The first kappa shape index (κ1) is 15.9. The van der Waals surface area contributed by atoms with Crippen LogP contribution < -0.4 is 20.5 Å². The molecule has 0 aliphatic carbocycles. The fraction of sp³-hybridized carbons (Fsp3) is 0.462. The van der Waals surface area contributed by atoms with Crippen LogP contribution in [0.15, 0.2) is 12.3 Å². The minimum Gasteiger partial charge on any atom is -0.491 e. The van der Waals surface area contributed by atoms with Gasteiger partial charge in [-0.05, 0) is 6.42 Å². The number of methoxy groups -OCH3 is 1. The third kappa shape index (κ3) is 4.20. The van der Waals surface area contributed by atoms with Crippen molar-refractivity contribution in [1.82, 2.24) is 10.3 Å². The van der Waals surface area contributed by atoms with Gasteiger partial charge in [-0.3, -0.25) is 14.9 Å².